The van der Waals surface area contributed by atoms with Gasteiger partial charge in [-0.05, 0) is 33.8 Å². The molecule has 5 heteroatoms. The van der Waals surface area contributed by atoms with E-state index in [0.717, 1.165) is 12.8 Å². The predicted molar refractivity (Wildman–Crippen MR) is 78.7 cm³/mol. The molecule has 0 spiro atoms. The maximum Gasteiger partial charge on any atom is 0.271 e. The van der Waals surface area contributed by atoms with Crippen LogP contribution >= 0.6 is 0 Å². The van der Waals surface area contributed by atoms with Crippen LogP contribution in [0.5, 0.6) is 0 Å². The van der Waals surface area contributed by atoms with E-state index in [1.54, 1.807) is 12.3 Å². The molecule has 0 bridgehead atoms. The first-order valence-corrected chi connectivity index (χ1v) is 7.26. The van der Waals surface area contributed by atoms with Crippen LogP contribution in [0.4, 0.5) is 0 Å². The van der Waals surface area contributed by atoms with Crippen molar-refractivity contribution in [2.45, 2.75) is 57.7 Å². The first kappa shape index (κ1) is 15.0. The van der Waals surface area contributed by atoms with Gasteiger partial charge < -0.3 is 9.80 Å². The third-order valence-electron chi connectivity index (χ3n) is 5.12. The number of hydrogen-bond donors (Lipinski definition) is 2. The van der Waals surface area contributed by atoms with Gasteiger partial charge >= 0.3 is 0 Å². The van der Waals surface area contributed by atoms with Crippen molar-refractivity contribution in [1.82, 2.24) is 15.1 Å². The Morgan fingerprint density at radius 2 is 1.90 bits per heavy atom. The number of aromatic amines is 1. The Balaban J connectivity index is 2.19. The summed E-state index contributed by atoms with van der Waals surface area (Å²) < 4.78 is 0. The molecule has 5 nitrogen and oxygen atoms in total. The molecule has 0 aliphatic carbocycles. The Kier molecular flexibility index (Phi) is 3.67. The van der Waals surface area contributed by atoms with E-state index in [2.05, 4.69) is 44.9 Å². The number of nitrogens with one attached hydrogen (secondary N) is 2. The zero-order valence-electron chi connectivity index (χ0n) is 13.4. The highest BCUT2D eigenvalue weighted by atomic mass is 16.2. The number of quaternary nitrogens is 1. The van der Waals surface area contributed by atoms with Crippen molar-refractivity contribution in [3.8, 4) is 0 Å². The van der Waals surface area contributed by atoms with Crippen molar-refractivity contribution in [3.05, 3.63) is 18.0 Å². The topological polar surface area (TPSA) is 53.4 Å². The van der Waals surface area contributed by atoms with Crippen molar-refractivity contribution in [2.24, 2.45) is 0 Å². The van der Waals surface area contributed by atoms with E-state index in [1.807, 2.05) is 11.9 Å². The highest BCUT2D eigenvalue weighted by Gasteiger charge is 2.48. The van der Waals surface area contributed by atoms with Crippen LogP contribution < -0.4 is 4.90 Å². The van der Waals surface area contributed by atoms with Crippen molar-refractivity contribution >= 4 is 5.91 Å². The number of nitrogens with zero attached hydrogens (tertiary/aromatic N) is 2. The summed E-state index contributed by atoms with van der Waals surface area (Å²) in [4.78, 5) is 15.9. The number of carbonyl (C=O) groups excluding carboxylic acids is 1. The number of likely N-dealkylation sites (tertiary alicyclic amines) is 1. The van der Waals surface area contributed by atoms with Gasteiger partial charge in [0, 0.05) is 32.1 Å². The molecule has 2 N–H and O–H groups in total. The smallest absolute Gasteiger partial charge is 0.271 e. The molecule has 1 saturated heterocycles. The Labute approximate surface area is 121 Å². The molecule has 1 aliphatic heterocycles. The standard InChI is InChI=1S/C15H26N4O/c1-14(2)9-11(10-15(3,4)19(14)6)18(5)13(20)12-7-8-16-17-12/h7-8,11H,9-10H2,1-6H3,(H,16,17)/p+1. The van der Waals surface area contributed by atoms with Gasteiger partial charge in [0.05, 0.1) is 18.1 Å². The summed E-state index contributed by atoms with van der Waals surface area (Å²) in [7, 11) is 4.16. The fraction of sp³-hybridized carbons (Fsp3) is 0.733. The third kappa shape index (κ3) is 2.59. The fourth-order valence-electron chi connectivity index (χ4n) is 3.48. The molecule has 1 aromatic heterocycles. The van der Waals surface area contributed by atoms with Crippen LogP contribution in [-0.4, -0.2) is 52.2 Å². The third-order valence-corrected chi connectivity index (χ3v) is 5.12. The number of amides is 1. The second kappa shape index (κ2) is 4.88. The zero-order valence-corrected chi connectivity index (χ0v) is 13.4. The lowest BCUT2D eigenvalue weighted by molar-refractivity contribution is -0.983. The Hall–Kier alpha value is -1.36. The van der Waals surface area contributed by atoms with Crippen molar-refractivity contribution in [3.63, 3.8) is 0 Å². The first-order chi connectivity index (χ1) is 9.15. The average molecular weight is 279 g/mol. The molecule has 0 radical (unpaired) electrons. The number of piperidine rings is 1. The summed E-state index contributed by atoms with van der Waals surface area (Å²) in [5.41, 5.74) is 0.888. The molecular formula is C15H27N4O+. The van der Waals surface area contributed by atoms with E-state index in [-0.39, 0.29) is 23.0 Å². The number of carbonyl (C=O) groups is 1. The quantitative estimate of drug-likeness (QED) is 0.838. The van der Waals surface area contributed by atoms with Gasteiger partial charge in [-0.3, -0.25) is 9.89 Å². The number of H-pyrrole nitrogens is 1. The Morgan fingerprint density at radius 1 is 1.35 bits per heavy atom. The average Bonchev–Trinajstić information content (AvgIpc) is 2.87. The lowest BCUT2D eigenvalue weighted by Crippen LogP contribution is -3.24. The molecule has 1 amide bonds. The van der Waals surface area contributed by atoms with Gasteiger partial charge in [0.15, 0.2) is 0 Å². The molecule has 1 fully saturated rings. The minimum atomic E-state index is 0.0265. The molecule has 1 aromatic rings. The Morgan fingerprint density at radius 3 is 2.35 bits per heavy atom. The molecule has 2 heterocycles. The molecular weight excluding hydrogens is 252 g/mol. The lowest BCUT2D eigenvalue weighted by Gasteiger charge is -2.52. The van der Waals surface area contributed by atoms with Crippen LogP contribution in [0.15, 0.2) is 12.3 Å². The maximum atomic E-state index is 12.5. The molecule has 0 saturated carbocycles. The van der Waals surface area contributed by atoms with Gasteiger partial charge in [0.25, 0.3) is 5.91 Å². The van der Waals surface area contributed by atoms with E-state index >= 15 is 0 Å². The normalized spacial score (nSPS) is 28.1. The largest absolute Gasteiger partial charge is 0.337 e. The van der Waals surface area contributed by atoms with Gasteiger partial charge in [-0.25, -0.2) is 0 Å². The van der Waals surface area contributed by atoms with Crippen LogP contribution in [0.3, 0.4) is 0 Å². The van der Waals surface area contributed by atoms with Crippen molar-refractivity contribution < 1.29 is 9.69 Å². The highest BCUT2D eigenvalue weighted by molar-refractivity contribution is 5.92. The van der Waals surface area contributed by atoms with Gasteiger partial charge in [0.2, 0.25) is 0 Å². The fourth-order valence-corrected chi connectivity index (χ4v) is 3.48. The summed E-state index contributed by atoms with van der Waals surface area (Å²) in [6.45, 7) is 9.13. The second-order valence-electron chi connectivity index (χ2n) is 7.34. The van der Waals surface area contributed by atoms with E-state index in [9.17, 15) is 4.79 Å². The van der Waals surface area contributed by atoms with E-state index in [4.69, 9.17) is 0 Å². The van der Waals surface area contributed by atoms with Gasteiger partial charge in [0.1, 0.15) is 5.69 Å². The second-order valence-corrected chi connectivity index (χ2v) is 7.34. The monoisotopic (exact) mass is 279 g/mol. The Bertz CT molecular complexity index is 460. The van der Waals surface area contributed by atoms with E-state index in [1.165, 1.54) is 4.90 Å². The van der Waals surface area contributed by atoms with Crippen LogP contribution in [0.2, 0.25) is 0 Å². The molecule has 112 valence electrons. The number of aromatic nitrogens is 2. The maximum absolute atomic E-state index is 12.5. The van der Waals surface area contributed by atoms with Crippen molar-refractivity contribution in [2.75, 3.05) is 14.1 Å². The predicted octanol–water partition coefficient (Wildman–Crippen LogP) is 0.716. The van der Waals surface area contributed by atoms with Crippen LogP contribution in [-0.2, 0) is 0 Å². The van der Waals surface area contributed by atoms with E-state index in [0.29, 0.717) is 5.69 Å². The molecule has 0 unspecified atom stereocenters. The molecule has 1 aliphatic rings. The number of hydrogen-bond acceptors (Lipinski definition) is 2. The first-order valence-electron chi connectivity index (χ1n) is 7.26. The van der Waals surface area contributed by atoms with Gasteiger partial charge in [-0.15, -0.1) is 0 Å². The highest BCUT2D eigenvalue weighted by Crippen LogP contribution is 2.27. The summed E-state index contributed by atoms with van der Waals surface area (Å²) in [5, 5.41) is 6.62. The van der Waals surface area contributed by atoms with Crippen LogP contribution in [0.25, 0.3) is 0 Å². The summed E-state index contributed by atoms with van der Waals surface area (Å²) >= 11 is 0. The molecule has 2 rings (SSSR count). The number of rotatable bonds is 2. The summed E-state index contributed by atoms with van der Waals surface area (Å²) in [5.74, 6) is 0.0265. The summed E-state index contributed by atoms with van der Waals surface area (Å²) in [6, 6.07) is 1.99. The van der Waals surface area contributed by atoms with Crippen LogP contribution in [0, 0.1) is 0 Å². The molecule has 0 aromatic carbocycles. The minimum Gasteiger partial charge on any atom is -0.337 e. The molecule has 20 heavy (non-hydrogen) atoms. The lowest BCUT2D eigenvalue weighted by atomic mass is 9.77. The van der Waals surface area contributed by atoms with Crippen LogP contribution in [0.1, 0.15) is 51.0 Å². The molecule has 0 atom stereocenters. The zero-order chi connectivity index (χ0) is 15.1. The van der Waals surface area contributed by atoms with Gasteiger partial charge in [-0.1, -0.05) is 0 Å². The minimum absolute atomic E-state index is 0.0265. The summed E-state index contributed by atoms with van der Waals surface area (Å²) in [6.07, 6.45) is 3.64. The van der Waals surface area contributed by atoms with Gasteiger partial charge in [-0.2, -0.15) is 5.10 Å². The van der Waals surface area contributed by atoms with Crippen molar-refractivity contribution in [1.29, 1.82) is 0 Å². The van der Waals surface area contributed by atoms with E-state index < -0.39 is 0 Å². The SMILES string of the molecule is CN(C(=O)c1ccn[nH]1)C1CC(C)(C)[NH+](C)C(C)(C)C1.